The number of rotatable bonds is 6. The van der Waals surface area contributed by atoms with Crippen molar-refractivity contribution < 1.29 is 18.3 Å². The van der Waals surface area contributed by atoms with Crippen molar-refractivity contribution >= 4 is 11.6 Å². The number of halogens is 4. The van der Waals surface area contributed by atoms with Gasteiger partial charge in [0, 0.05) is 24.2 Å². The maximum Gasteiger partial charge on any atom is 0.416 e. The third-order valence-corrected chi connectivity index (χ3v) is 3.18. The monoisotopic (exact) mass is 295 g/mol. The molecule has 2 nitrogen and oxygen atoms in total. The van der Waals surface area contributed by atoms with E-state index in [0.29, 0.717) is 17.0 Å². The van der Waals surface area contributed by atoms with Crippen LogP contribution in [0.15, 0.2) is 18.2 Å². The molecule has 0 aliphatic carbocycles. The molecule has 1 aromatic carbocycles. The fourth-order valence-electron chi connectivity index (χ4n) is 1.67. The first-order valence-corrected chi connectivity index (χ1v) is 6.42. The van der Waals surface area contributed by atoms with Crippen LogP contribution in [0, 0.1) is 0 Å². The van der Waals surface area contributed by atoms with Gasteiger partial charge < -0.3 is 10.4 Å². The number of hydrogen-bond acceptors (Lipinski definition) is 2. The summed E-state index contributed by atoms with van der Waals surface area (Å²) in [6.45, 7) is 2.29. The predicted octanol–water partition coefficient (Wildman–Crippen LogP) is 3.61. The normalized spacial score (nSPS) is 13.6. The summed E-state index contributed by atoms with van der Waals surface area (Å²) in [5.41, 5.74) is -0.274. The molecule has 1 aromatic rings. The van der Waals surface area contributed by atoms with Gasteiger partial charge in [0.15, 0.2) is 0 Å². The molecular weight excluding hydrogens is 279 g/mol. The van der Waals surface area contributed by atoms with E-state index in [4.69, 9.17) is 16.7 Å². The van der Waals surface area contributed by atoms with Gasteiger partial charge in [-0.1, -0.05) is 11.6 Å². The Morgan fingerprint density at radius 1 is 1.37 bits per heavy atom. The zero-order valence-corrected chi connectivity index (χ0v) is 11.4. The first kappa shape index (κ1) is 16.3. The summed E-state index contributed by atoms with van der Waals surface area (Å²) in [4.78, 5) is 0. The first-order valence-electron chi connectivity index (χ1n) is 6.04. The first-order chi connectivity index (χ1) is 8.84. The number of aliphatic hydroxyl groups is 1. The van der Waals surface area contributed by atoms with Crippen molar-refractivity contribution in [2.24, 2.45) is 0 Å². The minimum Gasteiger partial charge on any atom is -0.396 e. The summed E-state index contributed by atoms with van der Waals surface area (Å²) in [5, 5.41) is 12.1. The second-order valence-corrected chi connectivity index (χ2v) is 4.86. The molecule has 0 spiro atoms. The van der Waals surface area contributed by atoms with E-state index in [-0.39, 0.29) is 19.2 Å². The molecule has 19 heavy (non-hydrogen) atoms. The van der Waals surface area contributed by atoms with E-state index in [9.17, 15) is 13.2 Å². The van der Waals surface area contributed by atoms with Crippen LogP contribution in [0.1, 0.15) is 30.9 Å². The van der Waals surface area contributed by atoms with Crippen molar-refractivity contribution in [2.75, 3.05) is 6.61 Å². The Hall–Kier alpha value is -0.780. The van der Waals surface area contributed by atoms with Crippen molar-refractivity contribution in [3.63, 3.8) is 0 Å². The molecule has 108 valence electrons. The molecule has 0 heterocycles. The second kappa shape index (κ2) is 7.12. The van der Waals surface area contributed by atoms with Crippen LogP contribution in [0.25, 0.3) is 0 Å². The van der Waals surface area contributed by atoms with Gasteiger partial charge >= 0.3 is 6.18 Å². The minimum absolute atomic E-state index is 0.107. The van der Waals surface area contributed by atoms with Crippen LogP contribution >= 0.6 is 11.6 Å². The topological polar surface area (TPSA) is 32.3 Å². The molecule has 0 saturated heterocycles. The highest BCUT2D eigenvalue weighted by molar-refractivity contribution is 6.31. The Kier molecular flexibility index (Phi) is 6.10. The molecule has 0 aromatic heterocycles. The fourth-order valence-corrected chi connectivity index (χ4v) is 1.85. The fraction of sp³-hybridized carbons (Fsp3) is 0.538. The molecular formula is C13H17ClF3NO. The molecule has 1 atom stereocenters. The van der Waals surface area contributed by atoms with E-state index >= 15 is 0 Å². The molecule has 0 aliphatic heterocycles. The van der Waals surface area contributed by atoms with Gasteiger partial charge in [0.2, 0.25) is 0 Å². The van der Waals surface area contributed by atoms with E-state index in [1.807, 2.05) is 6.92 Å². The Labute approximate surface area is 115 Å². The lowest BCUT2D eigenvalue weighted by atomic mass is 10.1. The smallest absolute Gasteiger partial charge is 0.396 e. The van der Waals surface area contributed by atoms with Gasteiger partial charge in [-0.05, 0) is 43.5 Å². The Bertz CT molecular complexity index is 409. The lowest BCUT2D eigenvalue weighted by Gasteiger charge is -2.15. The summed E-state index contributed by atoms with van der Waals surface area (Å²) in [5.74, 6) is 0. The molecule has 0 bridgehead atoms. The summed E-state index contributed by atoms with van der Waals surface area (Å²) in [6.07, 6.45) is -2.95. The molecule has 0 amide bonds. The highest BCUT2D eigenvalue weighted by atomic mass is 35.5. The SMILES string of the molecule is CC(CCCO)NCc1cc(C(F)(F)F)ccc1Cl. The molecule has 2 N–H and O–H groups in total. The van der Waals surface area contributed by atoms with Crippen molar-refractivity contribution in [3.8, 4) is 0 Å². The average Bonchev–Trinajstić information content (AvgIpc) is 2.33. The van der Waals surface area contributed by atoms with Crippen LogP contribution in [-0.2, 0) is 12.7 Å². The number of nitrogens with one attached hydrogen (secondary N) is 1. The van der Waals surface area contributed by atoms with Gasteiger partial charge in [-0.25, -0.2) is 0 Å². The number of alkyl halides is 3. The summed E-state index contributed by atoms with van der Waals surface area (Å²) in [7, 11) is 0. The van der Waals surface area contributed by atoms with Gasteiger partial charge in [0.05, 0.1) is 5.56 Å². The summed E-state index contributed by atoms with van der Waals surface area (Å²) < 4.78 is 37.7. The van der Waals surface area contributed by atoms with Gasteiger partial charge in [-0.2, -0.15) is 13.2 Å². The van der Waals surface area contributed by atoms with Gasteiger partial charge in [-0.15, -0.1) is 0 Å². The van der Waals surface area contributed by atoms with E-state index in [1.165, 1.54) is 6.07 Å². The van der Waals surface area contributed by atoms with Crippen molar-refractivity contribution in [2.45, 2.75) is 38.5 Å². The van der Waals surface area contributed by atoms with E-state index < -0.39 is 11.7 Å². The number of benzene rings is 1. The number of hydrogen-bond donors (Lipinski definition) is 2. The second-order valence-electron chi connectivity index (χ2n) is 4.45. The van der Waals surface area contributed by atoms with Gasteiger partial charge in [-0.3, -0.25) is 0 Å². The zero-order valence-electron chi connectivity index (χ0n) is 10.6. The van der Waals surface area contributed by atoms with Crippen molar-refractivity contribution in [1.29, 1.82) is 0 Å². The molecule has 0 aliphatic rings. The van der Waals surface area contributed by atoms with Crippen molar-refractivity contribution in [3.05, 3.63) is 34.3 Å². The van der Waals surface area contributed by atoms with Gasteiger partial charge in [0.25, 0.3) is 0 Å². The van der Waals surface area contributed by atoms with Crippen molar-refractivity contribution in [1.82, 2.24) is 5.32 Å². The van der Waals surface area contributed by atoms with Crippen LogP contribution < -0.4 is 5.32 Å². The highest BCUT2D eigenvalue weighted by Crippen LogP contribution is 2.31. The van der Waals surface area contributed by atoms with Crippen LogP contribution in [0.2, 0.25) is 5.02 Å². The largest absolute Gasteiger partial charge is 0.416 e. The van der Waals surface area contributed by atoms with E-state index in [0.717, 1.165) is 18.6 Å². The third-order valence-electron chi connectivity index (χ3n) is 2.81. The van der Waals surface area contributed by atoms with Crippen LogP contribution in [0.3, 0.4) is 0 Å². The highest BCUT2D eigenvalue weighted by Gasteiger charge is 2.30. The van der Waals surface area contributed by atoms with E-state index in [2.05, 4.69) is 5.32 Å². The third kappa shape index (κ3) is 5.38. The van der Waals surface area contributed by atoms with Gasteiger partial charge in [0.1, 0.15) is 0 Å². The lowest BCUT2D eigenvalue weighted by Crippen LogP contribution is -2.26. The zero-order chi connectivity index (χ0) is 14.5. The Morgan fingerprint density at radius 3 is 2.63 bits per heavy atom. The Morgan fingerprint density at radius 2 is 2.05 bits per heavy atom. The molecule has 0 fully saturated rings. The van der Waals surface area contributed by atoms with Crippen LogP contribution in [0.5, 0.6) is 0 Å². The summed E-state index contributed by atoms with van der Waals surface area (Å²) >= 11 is 5.89. The standard InChI is InChI=1S/C13H17ClF3NO/c1-9(3-2-6-19)18-8-10-7-11(13(15,16)17)4-5-12(10)14/h4-5,7,9,18-19H,2-3,6,8H2,1H3. The molecule has 1 unspecified atom stereocenters. The average molecular weight is 296 g/mol. The number of aliphatic hydroxyl groups excluding tert-OH is 1. The lowest BCUT2D eigenvalue weighted by molar-refractivity contribution is -0.137. The maximum atomic E-state index is 12.6. The molecule has 1 rings (SSSR count). The summed E-state index contributed by atoms with van der Waals surface area (Å²) in [6, 6.07) is 3.41. The predicted molar refractivity (Wildman–Crippen MR) is 69.1 cm³/mol. The minimum atomic E-state index is -4.36. The molecule has 0 radical (unpaired) electrons. The van der Waals surface area contributed by atoms with Crippen LogP contribution in [0.4, 0.5) is 13.2 Å². The molecule has 6 heteroatoms. The van der Waals surface area contributed by atoms with Crippen LogP contribution in [-0.4, -0.2) is 17.8 Å². The Balaban J connectivity index is 2.67. The van der Waals surface area contributed by atoms with E-state index in [1.54, 1.807) is 0 Å². The quantitative estimate of drug-likeness (QED) is 0.840. The molecule has 0 saturated carbocycles. The maximum absolute atomic E-state index is 12.6.